The number of nitrogens with two attached hydrogens (primary N) is 1. The fourth-order valence-electron chi connectivity index (χ4n) is 1.48. The van der Waals surface area contributed by atoms with E-state index in [-0.39, 0.29) is 0 Å². The molecule has 0 aliphatic heterocycles. The Hall–Kier alpha value is -1.36. The van der Waals surface area contributed by atoms with Gasteiger partial charge in [-0.05, 0) is 18.8 Å². The molecule has 0 bridgehead atoms. The largest absolute Gasteiger partial charge is 0.370 e. The molecule has 1 rings (SSSR count). The number of rotatable bonds is 8. The zero-order valence-corrected chi connectivity index (χ0v) is 10.7. The van der Waals surface area contributed by atoms with Gasteiger partial charge in [0.05, 0.1) is 0 Å². The average Bonchev–Trinajstić information content (AvgIpc) is 2.32. The zero-order chi connectivity index (χ0) is 12.5. The van der Waals surface area contributed by atoms with E-state index >= 15 is 0 Å². The third-order valence-electron chi connectivity index (χ3n) is 2.38. The summed E-state index contributed by atoms with van der Waals surface area (Å²) >= 11 is 0. The van der Waals surface area contributed by atoms with Crippen molar-refractivity contribution in [2.75, 3.05) is 30.3 Å². The lowest BCUT2D eigenvalue weighted by atomic mass is 10.1. The van der Waals surface area contributed by atoms with Gasteiger partial charge in [0.2, 0.25) is 0 Å². The van der Waals surface area contributed by atoms with Crippen molar-refractivity contribution in [3.05, 3.63) is 12.4 Å². The summed E-state index contributed by atoms with van der Waals surface area (Å²) in [4.78, 5) is 8.29. The number of nitrogens with one attached hydrogen (secondary N) is 2. The molecule has 0 fully saturated rings. The Morgan fingerprint density at radius 2 is 1.82 bits per heavy atom. The first-order chi connectivity index (χ1) is 8.22. The molecule has 5 nitrogen and oxygen atoms in total. The van der Waals surface area contributed by atoms with E-state index in [1.54, 1.807) is 6.33 Å². The molecule has 0 atom stereocenters. The Kier molecular flexibility index (Phi) is 6.32. The SMILES string of the molecule is CC(C)CCCNc1cc(NCCN)ncn1. The Labute approximate surface area is 103 Å². The quantitative estimate of drug-likeness (QED) is 0.600. The summed E-state index contributed by atoms with van der Waals surface area (Å²) in [6, 6.07) is 1.91. The molecular formula is C12H23N5. The molecule has 0 spiro atoms. The predicted octanol–water partition coefficient (Wildman–Crippen LogP) is 1.70. The Morgan fingerprint density at radius 3 is 2.41 bits per heavy atom. The van der Waals surface area contributed by atoms with Crippen molar-refractivity contribution in [3.63, 3.8) is 0 Å². The molecule has 96 valence electrons. The standard InChI is InChI=1S/C12H23N5/c1-10(2)4-3-6-14-11-8-12(15-7-5-13)17-9-16-11/h8-10H,3-7,13H2,1-2H3,(H2,14,15,16,17). The summed E-state index contributed by atoms with van der Waals surface area (Å²) in [5, 5.41) is 6.42. The van der Waals surface area contributed by atoms with E-state index in [9.17, 15) is 0 Å². The third-order valence-corrected chi connectivity index (χ3v) is 2.38. The molecule has 1 aromatic heterocycles. The van der Waals surface area contributed by atoms with Gasteiger partial charge in [0.1, 0.15) is 18.0 Å². The number of nitrogens with zero attached hydrogens (tertiary/aromatic N) is 2. The van der Waals surface area contributed by atoms with Crippen LogP contribution in [0.5, 0.6) is 0 Å². The summed E-state index contributed by atoms with van der Waals surface area (Å²) < 4.78 is 0. The van der Waals surface area contributed by atoms with E-state index < -0.39 is 0 Å². The Morgan fingerprint density at radius 1 is 1.18 bits per heavy atom. The average molecular weight is 237 g/mol. The molecule has 5 heteroatoms. The van der Waals surface area contributed by atoms with Crippen LogP contribution in [-0.4, -0.2) is 29.6 Å². The second kappa shape index (κ2) is 7.84. The van der Waals surface area contributed by atoms with Gasteiger partial charge in [-0.15, -0.1) is 0 Å². The number of anilines is 2. The molecule has 0 saturated carbocycles. The lowest BCUT2D eigenvalue weighted by Gasteiger charge is -2.08. The Balaban J connectivity index is 2.32. The van der Waals surface area contributed by atoms with Crippen molar-refractivity contribution in [1.82, 2.24) is 9.97 Å². The maximum absolute atomic E-state index is 5.42. The highest BCUT2D eigenvalue weighted by Crippen LogP contribution is 2.09. The van der Waals surface area contributed by atoms with Gasteiger partial charge < -0.3 is 16.4 Å². The minimum Gasteiger partial charge on any atom is -0.370 e. The first-order valence-corrected chi connectivity index (χ1v) is 6.22. The fourth-order valence-corrected chi connectivity index (χ4v) is 1.48. The van der Waals surface area contributed by atoms with Gasteiger partial charge in [-0.3, -0.25) is 0 Å². The van der Waals surface area contributed by atoms with Crippen molar-refractivity contribution >= 4 is 11.6 Å². The normalized spacial score (nSPS) is 10.6. The molecule has 17 heavy (non-hydrogen) atoms. The van der Waals surface area contributed by atoms with Crippen molar-refractivity contribution in [3.8, 4) is 0 Å². The first kappa shape index (κ1) is 13.7. The van der Waals surface area contributed by atoms with Gasteiger partial charge in [-0.2, -0.15) is 0 Å². The fraction of sp³-hybridized carbons (Fsp3) is 0.667. The number of hydrogen-bond acceptors (Lipinski definition) is 5. The molecule has 1 aromatic rings. The molecule has 0 unspecified atom stereocenters. The predicted molar refractivity (Wildman–Crippen MR) is 72.1 cm³/mol. The topological polar surface area (TPSA) is 75.9 Å². The maximum atomic E-state index is 5.42. The minimum atomic E-state index is 0.598. The molecule has 0 aliphatic rings. The molecule has 0 saturated heterocycles. The van der Waals surface area contributed by atoms with Crippen LogP contribution in [0.15, 0.2) is 12.4 Å². The van der Waals surface area contributed by atoms with E-state index in [1.165, 1.54) is 6.42 Å². The van der Waals surface area contributed by atoms with Crippen molar-refractivity contribution in [2.45, 2.75) is 26.7 Å². The second-order valence-corrected chi connectivity index (χ2v) is 4.47. The van der Waals surface area contributed by atoms with Crippen LogP contribution < -0.4 is 16.4 Å². The van der Waals surface area contributed by atoms with Crippen LogP contribution in [0, 0.1) is 5.92 Å². The van der Waals surface area contributed by atoms with Gasteiger partial charge in [-0.25, -0.2) is 9.97 Å². The molecule has 0 aromatic carbocycles. The summed E-state index contributed by atoms with van der Waals surface area (Å²) in [5.74, 6) is 2.43. The van der Waals surface area contributed by atoms with Crippen LogP contribution in [0.25, 0.3) is 0 Å². The summed E-state index contributed by atoms with van der Waals surface area (Å²) in [5.41, 5.74) is 5.42. The van der Waals surface area contributed by atoms with E-state index in [4.69, 9.17) is 5.73 Å². The highest BCUT2D eigenvalue weighted by molar-refractivity contribution is 5.46. The Bertz CT molecular complexity index is 314. The van der Waals surface area contributed by atoms with E-state index in [0.29, 0.717) is 6.54 Å². The minimum absolute atomic E-state index is 0.598. The second-order valence-electron chi connectivity index (χ2n) is 4.47. The van der Waals surface area contributed by atoms with Gasteiger partial charge in [-0.1, -0.05) is 13.8 Å². The van der Waals surface area contributed by atoms with Crippen LogP contribution in [0.2, 0.25) is 0 Å². The maximum Gasteiger partial charge on any atom is 0.131 e. The smallest absolute Gasteiger partial charge is 0.131 e. The van der Waals surface area contributed by atoms with Crippen molar-refractivity contribution in [1.29, 1.82) is 0 Å². The van der Waals surface area contributed by atoms with Crippen molar-refractivity contribution < 1.29 is 0 Å². The summed E-state index contributed by atoms with van der Waals surface area (Å²) in [6.45, 7) is 6.75. The van der Waals surface area contributed by atoms with E-state index in [0.717, 1.165) is 37.1 Å². The monoisotopic (exact) mass is 237 g/mol. The number of aromatic nitrogens is 2. The lowest BCUT2D eigenvalue weighted by molar-refractivity contribution is 0.566. The molecule has 0 radical (unpaired) electrons. The highest BCUT2D eigenvalue weighted by atomic mass is 15.1. The lowest BCUT2D eigenvalue weighted by Crippen LogP contribution is -2.14. The van der Waals surface area contributed by atoms with Crippen LogP contribution in [0.4, 0.5) is 11.6 Å². The zero-order valence-electron chi connectivity index (χ0n) is 10.7. The summed E-state index contributed by atoms with van der Waals surface area (Å²) in [7, 11) is 0. The highest BCUT2D eigenvalue weighted by Gasteiger charge is 1.98. The van der Waals surface area contributed by atoms with Crippen LogP contribution in [0.3, 0.4) is 0 Å². The van der Waals surface area contributed by atoms with Gasteiger partial charge in [0.15, 0.2) is 0 Å². The summed E-state index contributed by atoms with van der Waals surface area (Å²) in [6.07, 6.45) is 3.95. The molecule has 0 amide bonds. The first-order valence-electron chi connectivity index (χ1n) is 6.22. The molecule has 1 heterocycles. The van der Waals surface area contributed by atoms with Crippen LogP contribution in [0.1, 0.15) is 26.7 Å². The van der Waals surface area contributed by atoms with Gasteiger partial charge >= 0.3 is 0 Å². The molecule has 0 aliphatic carbocycles. The van der Waals surface area contributed by atoms with Crippen LogP contribution >= 0.6 is 0 Å². The van der Waals surface area contributed by atoms with Gasteiger partial charge in [0.25, 0.3) is 0 Å². The van der Waals surface area contributed by atoms with Crippen LogP contribution in [-0.2, 0) is 0 Å². The van der Waals surface area contributed by atoms with E-state index in [1.807, 2.05) is 6.07 Å². The van der Waals surface area contributed by atoms with Gasteiger partial charge in [0, 0.05) is 25.7 Å². The third kappa shape index (κ3) is 6.06. The number of hydrogen-bond donors (Lipinski definition) is 3. The van der Waals surface area contributed by atoms with Crippen molar-refractivity contribution in [2.24, 2.45) is 11.7 Å². The van der Waals surface area contributed by atoms with E-state index in [2.05, 4.69) is 34.4 Å². The molecular weight excluding hydrogens is 214 g/mol. The molecule has 4 N–H and O–H groups in total.